The molecule has 1 atom stereocenters. The van der Waals surface area contributed by atoms with E-state index in [1.807, 2.05) is 6.92 Å². The molecule has 1 aliphatic carbocycles. The quantitative estimate of drug-likeness (QED) is 0.648. The first-order valence-corrected chi connectivity index (χ1v) is 4.56. The summed E-state index contributed by atoms with van der Waals surface area (Å²) in [4.78, 5) is 0. The second-order valence-corrected chi connectivity index (χ2v) is 4.06. The van der Waals surface area contributed by atoms with Crippen LogP contribution in [0.3, 0.4) is 0 Å². The van der Waals surface area contributed by atoms with Crippen molar-refractivity contribution in [1.82, 2.24) is 0 Å². The molecule has 0 aromatic rings. The van der Waals surface area contributed by atoms with Gasteiger partial charge in [-0.2, -0.15) is 0 Å². The number of hydrogen-bond acceptors (Lipinski definition) is 2. The Morgan fingerprint density at radius 1 is 1.45 bits per heavy atom. The Bertz CT molecular complexity index is 117. The Morgan fingerprint density at radius 3 is 2.45 bits per heavy atom. The molecule has 0 heterocycles. The lowest BCUT2D eigenvalue weighted by Gasteiger charge is -2.24. The molecule has 11 heavy (non-hydrogen) atoms. The van der Waals surface area contributed by atoms with Crippen molar-refractivity contribution < 1.29 is 5.11 Å². The zero-order valence-electron chi connectivity index (χ0n) is 7.34. The minimum absolute atomic E-state index is 0.392. The maximum absolute atomic E-state index is 9.66. The molecule has 1 fully saturated rings. The van der Waals surface area contributed by atoms with Crippen LogP contribution < -0.4 is 5.73 Å². The van der Waals surface area contributed by atoms with E-state index in [0.717, 1.165) is 12.3 Å². The van der Waals surface area contributed by atoms with E-state index in [9.17, 15) is 5.11 Å². The molecule has 0 saturated heterocycles. The van der Waals surface area contributed by atoms with Crippen molar-refractivity contribution >= 4 is 0 Å². The Hall–Kier alpha value is -0.0800. The molecule has 0 aromatic heterocycles. The molecule has 0 spiro atoms. The van der Waals surface area contributed by atoms with Crippen LogP contribution in [0, 0.1) is 5.92 Å². The zero-order valence-corrected chi connectivity index (χ0v) is 7.34. The largest absolute Gasteiger partial charge is 0.389 e. The lowest BCUT2D eigenvalue weighted by molar-refractivity contribution is 0.0432. The molecule has 2 nitrogen and oxygen atoms in total. The molecule has 1 aliphatic rings. The van der Waals surface area contributed by atoms with Gasteiger partial charge < -0.3 is 10.8 Å². The van der Waals surface area contributed by atoms with Gasteiger partial charge in [0.05, 0.1) is 5.60 Å². The third kappa shape index (κ3) is 2.80. The molecule has 0 amide bonds. The van der Waals surface area contributed by atoms with Crippen LogP contribution in [0.2, 0.25) is 0 Å². The molecule has 1 saturated carbocycles. The average Bonchev–Trinajstić information content (AvgIpc) is 2.39. The van der Waals surface area contributed by atoms with Crippen molar-refractivity contribution in [3.8, 4) is 0 Å². The van der Waals surface area contributed by atoms with Crippen molar-refractivity contribution in [1.29, 1.82) is 0 Å². The molecule has 0 radical (unpaired) electrons. The lowest BCUT2D eigenvalue weighted by atomic mass is 9.91. The fourth-order valence-corrected chi connectivity index (χ4v) is 1.92. The first kappa shape index (κ1) is 9.01. The Kier molecular flexibility index (Phi) is 2.90. The SMILES string of the molecule is CC(O)(CN)CC1CCCC1. The number of hydrogen-bond donors (Lipinski definition) is 2. The predicted molar refractivity (Wildman–Crippen MR) is 46.3 cm³/mol. The smallest absolute Gasteiger partial charge is 0.0744 e. The van der Waals surface area contributed by atoms with Crippen LogP contribution in [0.4, 0.5) is 0 Å². The lowest BCUT2D eigenvalue weighted by Crippen LogP contribution is -2.35. The second kappa shape index (κ2) is 3.55. The van der Waals surface area contributed by atoms with Crippen molar-refractivity contribution in [3.05, 3.63) is 0 Å². The highest BCUT2D eigenvalue weighted by Crippen LogP contribution is 2.31. The van der Waals surface area contributed by atoms with E-state index >= 15 is 0 Å². The van der Waals surface area contributed by atoms with Crippen LogP contribution >= 0.6 is 0 Å². The summed E-state index contributed by atoms with van der Waals surface area (Å²) >= 11 is 0. The first-order chi connectivity index (χ1) is 5.14. The fourth-order valence-electron chi connectivity index (χ4n) is 1.92. The van der Waals surface area contributed by atoms with Gasteiger partial charge in [-0.1, -0.05) is 25.7 Å². The summed E-state index contributed by atoms with van der Waals surface area (Å²) in [5.74, 6) is 0.730. The maximum atomic E-state index is 9.66. The van der Waals surface area contributed by atoms with Crippen molar-refractivity contribution in [3.63, 3.8) is 0 Å². The van der Waals surface area contributed by atoms with E-state index in [0.29, 0.717) is 6.54 Å². The van der Waals surface area contributed by atoms with Crippen molar-refractivity contribution in [2.45, 2.75) is 44.6 Å². The topological polar surface area (TPSA) is 46.2 Å². The molecule has 0 bridgehead atoms. The minimum Gasteiger partial charge on any atom is -0.389 e. The third-order valence-corrected chi connectivity index (χ3v) is 2.64. The van der Waals surface area contributed by atoms with E-state index in [1.165, 1.54) is 25.7 Å². The van der Waals surface area contributed by atoms with E-state index in [-0.39, 0.29) is 0 Å². The monoisotopic (exact) mass is 157 g/mol. The van der Waals surface area contributed by atoms with Gasteiger partial charge in [0.25, 0.3) is 0 Å². The van der Waals surface area contributed by atoms with E-state index < -0.39 is 5.60 Å². The van der Waals surface area contributed by atoms with E-state index in [1.54, 1.807) is 0 Å². The van der Waals surface area contributed by atoms with Crippen molar-refractivity contribution in [2.75, 3.05) is 6.54 Å². The second-order valence-electron chi connectivity index (χ2n) is 4.06. The van der Waals surface area contributed by atoms with Gasteiger partial charge in [-0.25, -0.2) is 0 Å². The highest BCUT2D eigenvalue weighted by molar-refractivity contribution is 4.80. The van der Waals surface area contributed by atoms with Crippen LogP contribution in [0.5, 0.6) is 0 Å². The van der Waals surface area contributed by atoms with Crippen LogP contribution in [-0.2, 0) is 0 Å². The summed E-state index contributed by atoms with van der Waals surface area (Å²) < 4.78 is 0. The fraction of sp³-hybridized carbons (Fsp3) is 1.00. The van der Waals surface area contributed by atoms with Crippen LogP contribution in [-0.4, -0.2) is 17.3 Å². The number of aliphatic hydroxyl groups is 1. The number of nitrogens with two attached hydrogens (primary N) is 1. The maximum Gasteiger partial charge on any atom is 0.0744 e. The average molecular weight is 157 g/mol. The Balaban J connectivity index is 2.28. The van der Waals surface area contributed by atoms with Gasteiger partial charge in [-0.3, -0.25) is 0 Å². The molecule has 2 heteroatoms. The van der Waals surface area contributed by atoms with Gasteiger partial charge in [-0.05, 0) is 19.3 Å². The number of rotatable bonds is 3. The zero-order chi connectivity index (χ0) is 8.32. The van der Waals surface area contributed by atoms with Gasteiger partial charge in [0.2, 0.25) is 0 Å². The van der Waals surface area contributed by atoms with E-state index in [2.05, 4.69) is 0 Å². The van der Waals surface area contributed by atoms with E-state index in [4.69, 9.17) is 5.73 Å². The normalized spacial score (nSPS) is 25.4. The van der Waals surface area contributed by atoms with Crippen LogP contribution in [0.1, 0.15) is 39.0 Å². The Morgan fingerprint density at radius 2 is 2.00 bits per heavy atom. The summed E-state index contributed by atoms with van der Waals surface area (Å²) in [6.45, 7) is 2.23. The van der Waals surface area contributed by atoms with Gasteiger partial charge in [0.15, 0.2) is 0 Å². The van der Waals surface area contributed by atoms with Crippen LogP contribution in [0.25, 0.3) is 0 Å². The van der Waals surface area contributed by atoms with Crippen LogP contribution in [0.15, 0.2) is 0 Å². The molecule has 66 valence electrons. The summed E-state index contributed by atoms with van der Waals surface area (Å²) in [6, 6.07) is 0. The van der Waals surface area contributed by atoms with Gasteiger partial charge in [0, 0.05) is 6.54 Å². The highest BCUT2D eigenvalue weighted by atomic mass is 16.3. The molecule has 0 aliphatic heterocycles. The summed E-state index contributed by atoms with van der Waals surface area (Å²) in [5, 5.41) is 9.66. The standard InChI is InChI=1S/C9H19NO/c1-9(11,7-10)6-8-4-2-3-5-8/h8,11H,2-7,10H2,1H3. The van der Waals surface area contributed by atoms with Gasteiger partial charge >= 0.3 is 0 Å². The molecule has 3 N–H and O–H groups in total. The highest BCUT2D eigenvalue weighted by Gasteiger charge is 2.25. The molecular weight excluding hydrogens is 138 g/mol. The molecule has 1 rings (SSSR count). The molecular formula is C9H19NO. The van der Waals surface area contributed by atoms with Gasteiger partial charge in [-0.15, -0.1) is 0 Å². The summed E-state index contributed by atoms with van der Waals surface area (Å²) in [7, 11) is 0. The third-order valence-electron chi connectivity index (χ3n) is 2.64. The molecule has 1 unspecified atom stereocenters. The summed E-state index contributed by atoms with van der Waals surface area (Å²) in [6.07, 6.45) is 6.15. The Labute approximate surface area is 68.8 Å². The predicted octanol–water partition coefficient (Wildman–Crippen LogP) is 1.28. The minimum atomic E-state index is -0.616. The van der Waals surface area contributed by atoms with Gasteiger partial charge in [0.1, 0.15) is 0 Å². The van der Waals surface area contributed by atoms with Crippen molar-refractivity contribution in [2.24, 2.45) is 11.7 Å². The molecule has 0 aromatic carbocycles. The first-order valence-electron chi connectivity index (χ1n) is 4.56. The summed E-state index contributed by atoms with van der Waals surface area (Å²) in [5.41, 5.74) is 4.82.